The predicted molar refractivity (Wildman–Crippen MR) is 254 cm³/mol. The lowest BCUT2D eigenvalue weighted by Crippen LogP contribution is -2.19. The third-order valence-corrected chi connectivity index (χ3v) is 9.44. The van der Waals surface area contributed by atoms with Crippen LogP contribution < -0.4 is 0 Å². The summed E-state index contributed by atoms with van der Waals surface area (Å²) in [5, 5.41) is 0. The van der Waals surface area contributed by atoms with Gasteiger partial charge in [-0.25, -0.2) is 0 Å². The molecule has 0 unspecified atom stereocenters. The van der Waals surface area contributed by atoms with Crippen LogP contribution in [0.25, 0.3) is 0 Å². The highest BCUT2D eigenvalue weighted by molar-refractivity contribution is 4.76. The number of hydrogen-bond donors (Lipinski definition) is 0. The lowest BCUT2D eigenvalue weighted by Gasteiger charge is -2.32. The Morgan fingerprint density at radius 1 is 0.481 bits per heavy atom. The van der Waals surface area contributed by atoms with Crippen molar-refractivity contribution in [2.45, 2.75) is 289 Å². The summed E-state index contributed by atoms with van der Waals surface area (Å²) in [5.41, 5.74) is 1.70. The van der Waals surface area contributed by atoms with Gasteiger partial charge in [-0.15, -0.1) is 0 Å². The highest BCUT2D eigenvalue weighted by Gasteiger charge is 2.24. The van der Waals surface area contributed by atoms with Gasteiger partial charge >= 0.3 is 0 Å². The van der Waals surface area contributed by atoms with E-state index in [-0.39, 0.29) is 0 Å². The quantitative estimate of drug-likeness (QED) is 0.270. The molecule has 0 aliphatic heterocycles. The molecule has 0 saturated heterocycles. The Labute approximate surface area is 339 Å². The molecule has 0 bridgehead atoms. The zero-order valence-electron chi connectivity index (χ0n) is 43.0. The van der Waals surface area contributed by atoms with Crippen molar-refractivity contribution in [2.24, 2.45) is 51.8 Å². The van der Waals surface area contributed by atoms with Crippen LogP contribution in [0.1, 0.15) is 289 Å². The fourth-order valence-corrected chi connectivity index (χ4v) is 4.27. The molecule has 0 aromatic rings. The van der Waals surface area contributed by atoms with Crippen LogP contribution in [0.2, 0.25) is 0 Å². The highest BCUT2D eigenvalue weighted by atomic mass is 14.3. The van der Waals surface area contributed by atoms with E-state index in [2.05, 4.69) is 152 Å². The smallest absolute Gasteiger partial charge is 0.0354 e. The molecule has 3 rings (SSSR count). The van der Waals surface area contributed by atoms with Crippen molar-refractivity contribution in [2.75, 3.05) is 0 Å². The van der Waals surface area contributed by atoms with E-state index in [1.54, 1.807) is 0 Å². The molecule has 3 saturated carbocycles. The Hall–Kier alpha value is 0. The average molecular weight is 744 g/mol. The SMILES string of the molecule is CC.CC.CC(C)(C)C.CC(C)C.CC1CCC(C)(C)CC1.CC1CCCC1.CC1CCCCC1.CCC(C)(C)C.CCC(C)C.CCC(C)CC. The van der Waals surface area contributed by atoms with Gasteiger partial charge in [0.1, 0.15) is 0 Å². The van der Waals surface area contributed by atoms with E-state index in [0.29, 0.717) is 16.2 Å². The zero-order valence-corrected chi connectivity index (χ0v) is 43.0. The first-order valence-corrected chi connectivity index (χ1v) is 23.8. The van der Waals surface area contributed by atoms with Crippen LogP contribution in [-0.4, -0.2) is 0 Å². The van der Waals surface area contributed by atoms with Crippen molar-refractivity contribution in [1.29, 1.82) is 0 Å². The summed E-state index contributed by atoms with van der Waals surface area (Å²) in [5.74, 6) is 5.73. The van der Waals surface area contributed by atoms with E-state index in [9.17, 15) is 0 Å². The van der Waals surface area contributed by atoms with Crippen molar-refractivity contribution in [1.82, 2.24) is 0 Å². The average Bonchev–Trinajstić information content (AvgIpc) is 3.55. The molecular weight excluding hydrogens is 625 g/mol. The molecule has 3 aliphatic carbocycles. The van der Waals surface area contributed by atoms with Crippen LogP contribution in [0.5, 0.6) is 0 Å². The molecule has 0 aromatic heterocycles. The molecule has 0 heterocycles. The molecular formula is C52H118. The van der Waals surface area contributed by atoms with Crippen LogP contribution in [0.4, 0.5) is 0 Å². The fourth-order valence-electron chi connectivity index (χ4n) is 4.27. The van der Waals surface area contributed by atoms with Gasteiger partial charge in [0.15, 0.2) is 0 Å². The Morgan fingerprint density at radius 3 is 0.788 bits per heavy atom. The monoisotopic (exact) mass is 743 g/mol. The van der Waals surface area contributed by atoms with Crippen LogP contribution in [-0.2, 0) is 0 Å². The molecule has 3 aliphatic rings. The molecule has 52 heavy (non-hydrogen) atoms. The summed E-state index contributed by atoms with van der Waals surface area (Å²) in [6.45, 7) is 57.4. The summed E-state index contributed by atoms with van der Waals surface area (Å²) in [7, 11) is 0. The summed E-state index contributed by atoms with van der Waals surface area (Å²) < 4.78 is 0. The predicted octanol–water partition coefficient (Wildman–Crippen LogP) is 20.7. The van der Waals surface area contributed by atoms with E-state index in [1.807, 2.05) is 27.7 Å². The molecule has 0 N–H and O–H groups in total. The molecule has 3 fully saturated rings. The minimum atomic E-state index is 0.500. The van der Waals surface area contributed by atoms with Gasteiger partial charge in [-0.2, -0.15) is 0 Å². The lowest BCUT2D eigenvalue weighted by atomic mass is 9.74. The van der Waals surface area contributed by atoms with Gasteiger partial charge in [0.05, 0.1) is 0 Å². The van der Waals surface area contributed by atoms with Gasteiger partial charge in [0, 0.05) is 0 Å². The molecule has 0 spiro atoms. The second-order valence-electron chi connectivity index (χ2n) is 20.8. The maximum absolute atomic E-state index is 2.39. The van der Waals surface area contributed by atoms with Crippen molar-refractivity contribution < 1.29 is 0 Å². The summed E-state index contributed by atoms with van der Waals surface area (Å²) in [4.78, 5) is 0. The van der Waals surface area contributed by atoms with Crippen LogP contribution in [0.3, 0.4) is 0 Å². The molecule has 326 valence electrons. The van der Waals surface area contributed by atoms with Crippen LogP contribution in [0.15, 0.2) is 0 Å². The number of rotatable bonds is 3. The molecule has 0 nitrogen and oxygen atoms in total. The molecule has 0 aromatic carbocycles. The lowest BCUT2D eigenvalue weighted by molar-refractivity contribution is 0.201. The maximum Gasteiger partial charge on any atom is -0.0354 e. The van der Waals surface area contributed by atoms with Gasteiger partial charge in [-0.1, -0.05) is 276 Å². The maximum atomic E-state index is 2.39. The van der Waals surface area contributed by atoms with Gasteiger partial charge in [0.2, 0.25) is 0 Å². The van der Waals surface area contributed by atoms with E-state index in [4.69, 9.17) is 0 Å². The van der Waals surface area contributed by atoms with Gasteiger partial charge in [0.25, 0.3) is 0 Å². The Bertz CT molecular complexity index is 545. The van der Waals surface area contributed by atoms with Gasteiger partial charge < -0.3 is 0 Å². The Kier molecular flexibility index (Phi) is 58.3. The summed E-state index contributed by atoms with van der Waals surface area (Å²) >= 11 is 0. The zero-order chi connectivity index (χ0) is 43.0. The Morgan fingerprint density at radius 2 is 0.692 bits per heavy atom. The summed E-state index contributed by atoms with van der Waals surface area (Å²) in [6, 6.07) is 0. The first-order chi connectivity index (χ1) is 23.8. The summed E-state index contributed by atoms with van der Waals surface area (Å²) in [6.07, 6.45) is 24.4. The highest BCUT2D eigenvalue weighted by Crippen LogP contribution is 2.37. The fraction of sp³-hybridized carbons (Fsp3) is 1.00. The number of hydrogen-bond acceptors (Lipinski definition) is 0. The van der Waals surface area contributed by atoms with Crippen LogP contribution in [0, 0.1) is 51.8 Å². The third kappa shape index (κ3) is 92.6. The largest absolute Gasteiger partial charge is 0.0683 e. The van der Waals surface area contributed by atoms with Crippen LogP contribution >= 0.6 is 0 Å². The van der Waals surface area contributed by atoms with Crippen molar-refractivity contribution in [3.63, 3.8) is 0 Å². The van der Waals surface area contributed by atoms with Crippen molar-refractivity contribution in [3.05, 3.63) is 0 Å². The van der Waals surface area contributed by atoms with E-state index in [1.165, 1.54) is 109 Å². The Balaban J connectivity index is -0.0000000887. The van der Waals surface area contributed by atoms with Gasteiger partial charge in [-0.05, 0) is 64.6 Å². The van der Waals surface area contributed by atoms with E-state index in [0.717, 1.165) is 35.5 Å². The van der Waals surface area contributed by atoms with E-state index < -0.39 is 0 Å². The topological polar surface area (TPSA) is 0 Å². The molecule has 0 amide bonds. The van der Waals surface area contributed by atoms with Crippen molar-refractivity contribution >= 4 is 0 Å². The molecule has 0 radical (unpaired) electrons. The first kappa shape index (κ1) is 66.8. The first-order valence-electron chi connectivity index (χ1n) is 23.8. The normalized spacial score (nSPS) is 16.8. The third-order valence-electron chi connectivity index (χ3n) is 9.44. The minimum Gasteiger partial charge on any atom is -0.0683 e. The molecule has 0 atom stereocenters. The van der Waals surface area contributed by atoms with Crippen molar-refractivity contribution in [3.8, 4) is 0 Å². The van der Waals surface area contributed by atoms with E-state index >= 15 is 0 Å². The molecule has 0 heteroatoms. The standard InChI is InChI=1S/C9H18.C7H14.C6H12.2C6H14.2C5H12.C4H10.2C2H6/c1-8-4-6-9(2,3)7-5-8;1-7-5-3-2-4-6-7;1-6-4-2-3-5-6;1-5-6(2,3)4;1-4-6(3)5-2;1-5(2,3)4;1-4-5(2)3;1-4(2)3;2*1-2/h8H,4-7H2,1-3H3;7H,2-6H2,1H3;6H,2-5H2,1H3;5H2,1-4H3;6H,4-5H2,1-3H3;1-4H3;5H,4H2,1-3H3;4H,1-3H3;2*1-2H3. The minimum absolute atomic E-state index is 0.500. The second-order valence-corrected chi connectivity index (χ2v) is 20.8. The van der Waals surface area contributed by atoms with Gasteiger partial charge in [-0.3, -0.25) is 0 Å². The second kappa shape index (κ2) is 45.4.